The van der Waals surface area contributed by atoms with Gasteiger partial charge < -0.3 is 15.2 Å². The Hall–Kier alpha value is -2.80. The third kappa shape index (κ3) is 4.00. The number of hydrogen-bond donors (Lipinski definition) is 2. The lowest BCUT2D eigenvalue weighted by atomic mass is 10.0. The summed E-state index contributed by atoms with van der Waals surface area (Å²) in [6.07, 6.45) is 0.363. The largest absolute Gasteiger partial charge is 0.479 e. The monoisotopic (exact) mass is 344 g/mol. The van der Waals surface area contributed by atoms with E-state index in [4.69, 9.17) is 9.84 Å². The van der Waals surface area contributed by atoms with Crippen molar-refractivity contribution >= 4 is 11.9 Å². The third-order valence-corrected chi connectivity index (χ3v) is 4.04. The van der Waals surface area contributed by atoms with Gasteiger partial charge in [-0.25, -0.2) is 9.18 Å². The number of aromatic nitrogens is 1. The molecule has 2 N–H and O–H groups in total. The van der Waals surface area contributed by atoms with Gasteiger partial charge in [-0.05, 0) is 42.7 Å². The van der Waals surface area contributed by atoms with E-state index in [1.165, 1.54) is 12.1 Å². The van der Waals surface area contributed by atoms with Crippen molar-refractivity contribution in [3.8, 4) is 0 Å². The van der Waals surface area contributed by atoms with Crippen molar-refractivity contribution in [1.29, 1.82) is 0 Å². The second-order valence-corrected chi connectivity index (χ2v) is 5.78. The minimum absolute atomic E-state index is 0.279. The van der Waals surface area contributed by atoms with Crippen LogP contribution in [0.4, 0.5) is 4.39 Å². The van der Waals surface area contributed by atoms with E-state index in [9.17, 15) is 14.0 Å². The molecule has 1 aromatic heterocycles. The summed E-state index contributed by atoms with van der Waals surface area (Å²) < 4.78 is 18.9. The number of hydrogen-bond acceptors (Lipinski definition) is 4. The van der Waals surface area contributed by atoms with E-state index in [0.29, 0.717) is 17.7 Å². The summed E-state index contributed by atoms with van der Waals surface area (Å²) in [4.78, 5) is 27.7. The molecule has 1 saturated heterocycles. The van der Waals surface area contributed by atoms with E-state index < -0.39 is 35.9 Å². The van der Waals surface area contributed by atoms with Gasteiger partial charge in [-0.3, -0.25) is 9.78 Å². The van der Waals surface area contributed by atoms with Crippen LogP contribution in [-0.2, 0) is 14.3 Å². The number of nitrogens with one attached hydrogen (secondary N) is 1. The van der Waals surface area contributed by atoms with Crippen LogP contribution in [0.5, 0.6) is 0 Å². The molecule has 1 fully saturated rings. The number of aliphatic carboxylic acids is 1. The van der Waals surface area contributed by atoms with Crippen LogP contribution in [0.3, 0.4) is 0 Å². The van der Waals surface area contributed by atoms with Crippen LogP contribution in [0.15, 0.2) is 48.7 Å². The number of pyridine rings is 1. The fourth-order valence-electron chi connectivity index (χ4n) is 2.81. The molecule has 6 nitrogen and oxygen atoms in total. The zero-order valence-corrected chi connectivity index (χ0v) is 13.3. The lowest BCUT2D eigenvalue weighted by molar-refractivity contribution is -0.151. The molecule has 3 atom stereocenters. The number of rotatable bonds is 5. The molecule has 0 bridgehead atoms. The van der Waals surface area contributed by atoms with Gasteiger partial charge in [0.05, 0.1) is 11.7 Å². The van der Waals surface area contributed by atoms with Crippen LogP contribution < -0.4 is 5.32 Å². The van der Waals surface area contributed by atoms with Gasteiger partial charge in [0.1, 0.15) is 11.9 Å². The van der Waals surface area contributed by atoms with Crippen molar-refractivity contribution in [2.24, 2.45) is 0 Å². The molecular formula is C18H17FN2O4. The first-order valence-electron chi connectivity index (χ1n) is 7.89. The summed E-state index contributed by atoms with van der Waals surface area (Å²) in [5.41, 5.74) is 1.09. The maximum atomic E-state index is 13.6. The second-order valence-electron chi connectivity index (χ2n) is 5.78. The molecule has 0 radical (unpaired) electrons. The van der Waals surface area contributed by atoms with Crippen LogP contribution in [0.25, 0.3) is 0 Å². The number of carbonyl (C=O) groups is 2. The van der Waals surface area contributed by atoms with Gasteiger partial charge >= 0.3 is 5.97 Å². The molecule has 1 unspecified atom stereocenters. The van der Waals surface area contributed by atoms with Gasteiger partial charge in [0.15, 0.2) is 6.10 Å². The summed E-state index contributed by atoms with van der Waals surface area (Å²) in [5, 5.41) is 11.8. The minimum Gasteiger partial charge on any atom is -0.479 e. The van der Waals surface area contributed by atoms with Crippen molar-refractivity contribution in [3.05, 3.63) is 65.7 Å². The highest BCUT2D eigenvalue weighted by atomic mass is 19.1. The molecule has 1 amide bonds. The molecule has 0 saturated carbocycles. The molecule has 2 heterocycles. The van der Waals surface area contributed by atoms with E-state index in [2.05, 4.69) is 10.3 Å². The maximum Gasteiger partial charge on any atom is 0.332 e. The number of carboxylic acids is 1. The Kier molecular flexibility index (Phi) is 5.04. The molecular weight excluding hydrogens is 327 g/mol. The van der Waals surface area contributed by atoms with Gasteiger partial charge in [-0.1, -0.05) is 18.2 Å². The van der Waals surface area contributed by atoms with Crippen molar-refractivity contribution < 1.29 is 23.8 Å². The predicted molar refractivity (Wildman–Crippen MR) is 86.2 cm³/mol. The number of halogens is 1. The number of benzene rings is 1. The van der Waals surface area contributed by atoms with Gasteiger partial charge in [-0.2, -0.15) is 0 Å². The molecule has 1 aromatic carbocycles. The summed E-state index contributed by atoms with van der Waals surface area (Å²) >= 11 is 0. The fraction of sp³-hybridized carbons (Fsp3) is 0.278. The van der Waals surface area contributed by atoms with Crippen molar-refractivity contribution in [2.75, 3.05) is 0 Å². The molecule has 1 aliphatic rings. The minimum atomic E-state index is -1.08. The highest BCUT2D eigenvalue weighted by Gasteiger charge is 2.35. The summed E-state index contributed by atoms with van der Waals surface area (Å²) in [5.74, 6) is -1.94. The topological polar surface area (TPSA) is 88.5 Å². The molecule has 0 aliphatic carbocycles. The number of carboxylic acid groups (broad SMARTS) is 1. The average Bonchev–Trinajstić information content (AvgIpc) is 3.11. The summed E-state index contributed by atoms with van der Waals surface area (Å²) in [7, 11) is 0. The van der Waals surface area contributed by atoms with Crippen LogP contribution in [-0.4, -0.2) is 34.2 Å². The van der Waals surface area contributed by atoms with E-state index in [0.717, 1.165) is 0 Å². The van der Waals surface area contributed by atoms with Crippen molar-refractivity contribution in [3.63, 3.8) is 0 Å². The lowest BCUT2D eigenvalue weighted by Crippen LogP contribution is -2.38. The predicted octanol–water partition coefficient (Wildman–Crippen LogP) is 2.06. The van der Waals surface area contributed by atoms with E-state index >= 15 is 0 Å². The fourth-order valence-corrected chi connectivity index (χ4v) is 2.81. The normalized spacial score (nSPS) is 20.8. The summed E-state index contributed by atoms with van der Waals surface area (Å²) in [6.45, 7) is 0. The van der Waals surface area contributed by atoms with E-state index in [-0.39, 0.29) is 6.42 Å². The standard InChI is InChI=1S/C18H17FN2O4/c19-12-5-3-4-11(10-12)16(13-6-1-2-9-20-13)21-17(22)14-7-8-15(25-14)18(23)24/h1-6,9-10,14-16H,7-8H2,(H,21,22)(H,23,24)/t14-,15+,16?/m1/s1. The number of amides is 1. The average molecular weight is 344 g/mol. The van der Waals surface area contributed by atoms with Gasteiger partial charge in [0.2, 0.25) is 5.91 Å². The molecule has 1 aliphatic heterocycles. The van der Waals surface area contributed by atoms with Crippen LogP contribution >= 0.6 is 0 Å². The van der Waals surface area contributed by atoms with Gasteiger partial charge in [0.25, 0.3) is 0 Å². The first-order chi connectivity index (χ1) is 12.0. The van der Waals surface area contributed by atoms with Gasteiger partial charge in [0, 0.05) is 6.20 Å². The van der Waals surface area contributed by atoms with Crippen molar-refractivity contribution in [2.45, 2.75) is 31.1 Å². The maximum absolute atomic E-state index is 13.6. The molecule has 0 spiro atoms. The molecule has 2 aromatic rings. The zero-order valence-electron chi connectivity index (χ0n) is 13.3. The first-order valence-corrected chi connectivity index (χ1v) is 7.89. The number of ether oxygens (including phenoxy) is 1. The van der Waals surface area contributed by atoms with Crippen LogP contribution in [0, 0.1) is 5.82 Å². The number of nitrogens with zero attached hydrogens (tertiary/aromatic N) is 1. The molecule has 130 valence electrons. The molecule has 25 heavy (non-hydrogen) atoms. The Morgan fingerprint density at radius 3 is 2.64 bits per heavy atom. The van der Waals surface area contributed by atoms with E-state index in [1.807, 2.05) is 0 Å². The zero-order chi connectivity index (χ0) is 17.8. The Bertz CT molecular complexity index is 769. The van der Waals surface area contributed by atoms with Crippen LogP contribution in [0.1, 0.15) is 30.1 Å². The third-order valence-electron chi connectivity index (χ3n) is 4.04. The quantitative estimate of drug-likeness (QED) is 0.867. The lowest BCUT2D eigenvalue weighted by Gasteiger charge is -2.21. The first kappa shape index (κ1) is 17.0. The molecule has 7 heteroatoms. The Morgan fingerprint density at radius 2 is 2.00 bits per heavy atom. The highest BCUT2D eigenvalue weighted by Crippen LogP contribution is 2.24. The Morgan fingerprint density at radius 1 is 1.20 bits per heavy atom. The summed E-state index contributed by atoms with van der Waals surface area (Å²) in [6, 6.07) is 10.5. The Balaban J connectivity index is 1.81. The Labute approximate surface area is 143 Å². The smallest absolute Gasteiger partial charge is 0.332 e. The van der Waals surface area contributed by atoms with Gasteiger partial charge in [-0.15, -0.1) is 0 Å². The van der Waals surface area contributed by atoms with Crippen LogP contribution in [0.2, 0.25) is 0 Å². The second kappa shape index (κ2) is 7.40. The molecule has 3 rings (SSSR count). The number of carbonyl (C=O) groups excluding carboxylic acids is 1. The SMILES string of the molecule is O=C(O)[C@@H]1CC[C@H](C(=O)NC(c2cccc(F)c2)c2ccccn2)O1. The highest BCUT2D eigenvalue weighted by molar-refractivity contribution is 5.83. The van der Waals surface area contributed by atoms with E-state index in [1.54, 1.807) is 36.5 Å². The van der Waals surface area contributed by atoms with Crippen molar-refractivity contribution in [1.82, 2.24) is 10.3 Å².